The van der Waals surface area contributed by atoms with Crippen molar-refractivity contribution in [1.82, 2.24) is 34.7 Å². The number of fused-ring (bicyclic) bond motifs is 1. The Morgan fingerprint density at radius 1 is 1.02 bits per heavy atom. The number of rotatable bonds is 9. The van der Waals surface area contributed by atoms with E-state index in [1.165, 1.54) is 15.7 Å². The molecule has 0 amide bonds. The molecule has 43 heavy (non-hydrogen) atoms. The van der Waals surface area contributed by atoms with Gasteiger partial charge in [0, 0.05) is 18.6 Å². The Kier molecular flexibility index (Phi) is 8.65. The van der Waals surface area contributed by atoms with Crippen LogP contribution in [0.3, 0.4) is 0 Å². The van der Waals surface area contributed by atoms with Crippen molar-refractivity contribution in [3.63, 3.8) is 0 Å². The maximum atomic E-state index is 14.2. The fourth-order valence-electron chi connectivity index (χ4n) is 6.29. The molecule has 4 aromatic rings. The van der Waals surface area contributed by atoms with E-state index in [0.29, 0.717) is 41.9 Å². The third-order valence-electron chi connectivity index (χ3n) is 8.45. The van der Waals surface area contributed by atoms with Gasteiger partial charge in [-0.1, -0.05) is 43.3 Å². The van der Waals surface area contributed by atoms with Crippen LogP contribution in [0.1, 0.15) is 74.8 Å². The molecule has 0 radical (unpaired) electrons. The van der Waals surface area contributed by atoms with Crippen LogP contribution in [0, 0.1) is 0 Å². The highest BCUT2D eigenvalue weighted by Crippen LogP contribution is 2.33. The molecule has 2 aromatic heterocycles. The van der Waals surface area contributed by atoms with Crippen molar-refractivity contribution >= 4 is 17.0 Å². The van der Waals surface area contributed by atoms with Crippen LogP contribution in [0.5, 0.6) is 0 Å². The first kappa shape index (κ1) is 29.5. The summed E-state index contributed by atoms with van der Waals surface area (Å²) in [6.07, 6.45) is -0.197. The lowest BCUT2D eigenvalue weighted by Gasteiger charge is -2.34. The Hall–Kier alpha value is -3.54. The Morgan fingerprint density at radius 3 is 2.53 bits per heavy atom. The van der Waals surface area contributed by atoms with Crippen molar-refractivity contribution in [2.45, 2.75) is 64.0 Å². The quantitative estimate of drug-likeness (QED) is 0.266. The summed E-state index contributed by atoms with van der Waals surface area (Å²) < 4.78 is 35.8. The second-order valence-electron chi connectivity index (χ2n) is 12.1. The second-order valence-corrected chi connectivity index (χ2v) is 12.1. The molecular weight excluding hydrogens is 550 g/mol. The molecular formula is C32H40F2N8O. The lowest BCUT2D eigenvalue weighted by atomic mass is 9.83. The molecule has 1 atom stereocenters. The van der Waals surface area contributed by atoms with Crippen molar-refractivity contribution in [2.75, 3.05) is 44.6 Å². The van der Waals surface area contributed by atoms with Gasteiger partial charge in [0.25, 0.3) is 6.43 Å². The molecule has 2 saturated heterocycles. The van der Waals surface area contributed by atoms with Gasteiger partial charge in [-0.15, -0.1) is 0 Å². The predicted molar refractivity (Wildman–Crippen MR) is 163 cm³/mol. The first-order valence-corrected chi connectivity index (χ1v) is 15.2. The minimum atomic E-state index is -2.81. The third-order valence-corrected chi connectivity index (χ3v) is 8.45. The van der Waals surface area contributed by atoms with Crippen molar-refractivity contribution in [3.05, 3.63) is 71.3 Å². The van der Waals surface area contributed by atoms with Crippen LogP contribution >= 0.6 is 0 Å². The summed E-state index contributed by atoms with van der Waals surface area (Å²) in [7, 11) is 0. The zero-order valence-corrected chi connectivity index (χ0v) is 25.1. The van der Waals surface area contributed by atoms with Gasteiger partial charge in [-0.2, -0.15) is 15.0 Å². The highest BCUT2D eigenvalue weighted by atomic mass is 19.3. The summed E-state index contributed by atoms with van der Waals surface area (Å²) in [4.78, 5) is 20.8. The van der Waals surface area contributed by atoms with E-state index in [1.54, 1.807) is 24.3 Å². The molecule has 6 rings (SSSR count). The van der Waals surface area contributed by atoms with Crippen LogP contribution in [0.2, 0.25) is 0 Å². The van der Waals surface area contributed by atoms with E-state index >= 15 is 0 Å². The molecule has 4 heterocycles. The Bertz CT molecular complexity index is 1540. The number of halogens is 2. The van der Waals surface area contributed by atoms with Gasteiger partial charge in [-0.25, -0.2) is 13.8 Å². The van der Waals surface area contributed by atoms with Crippen LogP contribution in [-0.4, -0.2) is 74.3 Å². The number of benzene rings is 2. The molecule has 2 aromatic carbocycles. The SMILES string of the molecule is CCN1CCC(c2ccccc2CC(C)(C)Nc2nc(C3CNCCO3)nc(-n3c(C(F)F)nc4ccccc43)n2)CC1. The van der Waals surface area contributed by atoms with Gasteiger partial charge < -0.3 is 20.3 Å². The van der Waals surface area contributed by atoms with Gasteiger partial charge in [0.2, 0.25) is 11.9 Å². The fourth-order valence-corrected chi connectivity index (χ4v) is 6.29. The summed E-state index contributed by atoms with van der Waals surface area (Å²) in [6.45, 7) is 11.5. The van der Waals surface area contributed by atoms with Crippen LogP contribution in [0.15, 0.2) is 48.5 Å². The van der Waals surface area contributed by atoms with Gasteiger partial charge >= 0.3 is 0 Å². The number of ether oxygens (including phenoxy) is 1. The van der Waals surface area contributed by atoms with Crippen LogP contribution in [0.4, 0.5) is 14.7 Å². The number of hydrogen-bond acceptors (Lipinski definition) is 8. The zero-order chi connectivity index (χ0) is 30.0. The maximum absolute atomic E-state index is 14.2. The second kappa shape index (κ2) is 12.6. The lowest BCUT2D eigenvalue weighted by molar-refractivity contribution is 0.0220. The highest BCUT2D eigenvalue weighted by Gasteiger charge is 2.29. The van der Waals surface area contributed by atoms with E-state index in [-0.39, 0.29) is 5.95 Å². The molecule has 9 nitrogen and oxygen atoms in total. The Morgan fingerprint density at radius 2 is 1.79 bits per heavy atom. The summed E-state index contributed by atoms with van der Waals surface area (Å²) in [5.41, 5.74) is 3.20. The zero-order valence-electron chi connectivity index (χ0n) is 25.1. The standard InChI is InChI=1S/C32H40F2N8O/c1-4-41-16-13-21(14-17-41)23-10-6-5-9-22(23)19-32(2,3)40-30-37-28(26-20-35-15-18-43-26)38-31(39-30)42-25-12-8-7-11-24(25)36-29(42)27(33)34/h5-12,21,26-27,35H,4,13-20H2,1-3H3,(H,37,38,39,40). The molecule has 1 unspecified atom stereocenters. The third kappa shape index (κ3) is 6.53. The molecule has 0 saturated carbocycles. The Balaban J connectivity index is 1.34. The number of aromatic nitrogens is 5. The van der Waals surface area contributed by atoms with Crippen molar-refractivity contribution in [1.29, 1.82) is 0 Å². The number of hydrogen-bond donors (Lipinski definition) is 2. The Labute approximate surface area is 251 Å². The number of imidazole rings is 1. The number of piperidine rings is 1. The topological polar surface area (TPSA) is 93.0 Å². The van der Waals surface area contributed by atoms with Crippen LogP contribution in [-0.2, 0) is 11.2 Å². The first-order valence-electron chi connectivity index (χ1n) is 15.2. The van der Waals surface area contributed by atoms with Crippen molar-refractivity contribution < 1.29 is 13.5 Å². The maximum Gasteiger partial charge on any atom is 0.296 e. The number of likely N-dealkylation sites (tertiary alicyclic amines) is 1. The molecule has 228 valence electrons. The summed E-state index contributed by atoms with van der Waals surface area (Å²) in [5.74, 6) is 0.907. The van der Waals surface area contributed by atoms with E-state index in [0.717, 1.165) is 45.4 Å². The number of anilines is 1. The van der Waals surface area contributed by atoms with Gasteiger partial charge in [0.1, 0.15) is 6.10 Å². The van der Waals surface area contributed by atoms with Gasteiger partial charge in [-0.05, 0) is 81.9 Å². The minimum Gasteiger partial charge on any atom is -0.368 e. The predicted octanol–water partition coefficient (Wildman–Crippen LogP) is 5.44. The highest BCUT2D eigenvalue weighted by molar-refractivity contribution is 5.77. The average Bonchev–Trinajstić information content (AvgIpc) is 3.42. The van der Waals surface area contributed by atoms with E-state index < -0.39 is 23.9 Å². The number of nitrogens with one attached hydrogen (secondary N) is 2. The molecule has 2 aliphatic heterocycles. The number of nitrogens with zero attached hydrogens (tertiary/aromatic N) is 6. The largest absolute Gasteiger partial charge is 0.368 e. The first-order chi connectivity index (χ1) is 20.8. The summed E-state index contributed by atoms with van der Waals surface area (Å²) in [6, 6.07) is 15.7. The van der Waals surface area contributed by atoms with Gasteiger partial charge in [-0.3, -0.25) is 4.57 Å². The van der Waals surface area contributed by atoms with E-state index in [4.69, 9.17) is 14.7 Å². The average molecular weight is 591 g/mol. The van der Waals surface area contributed by atoms with Crippen LogP contribution in [0.25, 0.3) is 17.0 Å². The number of alkyl halides is 2. The molecule has 0 bridgehead atoms. The van der Waals surface area contributed by atoms with Gasteiger partial charge in [0.15, 0.2) is 11.6 Å². The molecule has 2 fully saturated rings. The van der Waals surface area contributed by atoms with E-state index in [9.17, 15) is 8.78 Å². The number of para-hydroxylation sites is 2. The molecule has 0 aliphatic carbocycles. The molecule has 11 heteroatoms. The lowest BCUT2D eigenvalue weighted by Crippen LogP contribution is -2.37. The fraction of sp³-hybridized carbons (Fsp3) is 0.500. The van der Waals surface area contributed by atoms with E-state index in [2.05, 4.69) is 70.5 Å². The smallest absolute Gasteiger partial charge is 0.296 e. The number of morpholine rings is 1. The van der Waals surface area contributed by atoms with Crippen molar-refractivity contribution in [3.8, 4) is 5.95 Å². The minimum absolute atomic E-state index is 0.0876. The molecule has 0 spiro atoms. The monoisotopic (exact) mass is 590 g/mol. The van der Waals surface area contributed by atoms with E-state index in [1.807, 2.05) is 0 Å². The normalized spacial score (nSPS) is 18.9. The molecule has 2 aliphatic rings. The molecule has 2 N–H and O–H groups in total. The summed E-state index contributed by atoms with van der Waals surface area (Å²) >= 11 is 0. The van der Waals surface area contributed by atoms with Crippen molar-refractivity contribution in [2.24, 2.45) is 0 Å². The van der Waals surface area contributed by atoms with Crippen LogP contribution < -0.4 is 10.6 Å². The summed E-state index contributed by atoms with van der Waals surface area (Å²) in [5, 5.41) is 6.83. The van der Waals surface area contributed by atoms with Gasteiger partial charge in [0.05, 0.1) is 17.6 Å².